The molecule has 188 valence electrons. The number of hydrogen-bond donors (Lipinski definition) is 7. The van der Waals surface area contributed by atoms with Crippen molar-refractivity contribution in [2.45, 2.75) is 63.7 Å². The number of aliphatic carboxylic acids is 2. The largest absolute Gasteiger partial charge is 0.481 e. The number of thioether (sulfide) groups is 1. The van der Waals surface area contributed by atoms with Crippen LogP contribution in [0.5, 0.6) is 0 Å². The normalized spacial score (nSPS) is 14.5. The number of nitrogens with one attached hydrogen (secondary N) is 3. The number of carbonyl (C=O) groups is 6. The van der Waals surface area contributed by atoms with Crippen molar-refractivity contribution in [2.75, 3.05) is 12.0 Å². The van der Waals surface area contributed by atoms with E-state index in [-0.39, 0.29) is 19.3 Å². The van der Waals surface area contributed by atoms with Crippen LogP contribution in [0.2, 0.25) is 0 Å². The third-order valence-electron chi connectivity index (χ3n) is 4.52. The first-order valence-electron chi connectivity index (χ1n) is 10.2. The Kier molecular flexibility index (Phi) is 13.7. The van der Waals surface area contributed by atoms with Gasteiger partial charge in [-0.3, -0.25) is 24.0 Å². The van der Waals surface area contributed by atoms with E-state index in [1.807, 2.05) is 0 Å². The second-order valence-electron chi connectivity index (χ2n) is 7.68. The lowest BCUT2D eigenvalue weighted by Gasteiger charge is -2.26. The summed E-state index contributed by atoms with van der Waals surface area (Å²) in [6, 6.07) is -5.12. The number of nitrogens with two attached hydrogens (primary N) is 2. The molecule has 4 amide bonds. The summed E-state index contributed by atoms with van der Waals surface area (Å²) in [6.07, 6.45) is 0.877. The number of rotatable bonds is 16. The minimum atomic E-state index is -1.56. The monoisotopic (exact) mass is 491 g/mol. The maximum atomic E-state index is 12.7. The molecule has 0 aromatic rings. The predicted molar refractivity (Wildman–Crippen MR) is 120 cm³/mol. The highest BCUT2D eigenvalue weighted by Gasteiger charge is 2.32. The lowest BCUT2D eigenvalue weighted by Crippen LogP contribution is -2.58. The lowest BCUT2D eigenvalue weighted by atomic mass is 10.0. The Labute approximate surface area is 195 Å². The summed E-state index contributed by atoms with van der Waals surface area (Å²) in [5, 5.41) is 25.4. The van der Waals surface area contributed by atoms with Crippen molar-refractivity contribution in [1.29, 1.82) is 0 Å². The van der Waals surface area contributed by atoms with Gasteiger partial charge >= 0.3 is 11.9 Å². The standard InChI is InChI=1S/C19H33N5O8S/c1-9(2)15(18(30)22-11(19(31)32)6-7-33-3)24-17(29)12(8-14(26)27)23-16(28)10(20)4-5-13(21)25/h9-12,15H,4-8,20H2,1-3H3,(H2,21,25)(H,22,30)(H,23,28)(H,24,29)(H,26,27)(H,31,32). The van der Waals surface area contributed by atoms with E-state index >= 15 is 0 Å². The zero-order valence-corrected chi connectivity index (χ0v) is 19.6. The van der Waals surface area contributed by atoms with Crippen LogP contribution >= 0.6 is 11.8 Å². The first-order chi connectivity index (χ1) is 15.3. The highest BCUT2D eigenvalue weighted by molar-refractivity contribution is 7.98. The van der Waals surface area contributed by atoms with Crippen LogP contribution in [0.15, 0.2) is 0 Å². The molecule has 33 heavy (non-hydrogen) atoms. The fourth-order valence-corrected chi connectivity index (χ4v) is 3.11. The van der Waals surface area contributed by atoms with Crippen LogP contribution in [0.1, 0.15) is 39.5 Å². The van der Waals surface area contributed by atoms with Crippen LogP contribution in [0.4, 0.5) is 0 Å². The fraction of sp³-hybridized carbons (Fsp3) is 0.684. The number of primary amides is 1. The van der Waals surface area contributed by atoms with Gasteiger partial charge in [0.1, 0.15) is 18.1 Å². The van der Waals surface area contributed by atoms with Gasteiger partial charge in [0, 0.05) is 6.42 Å². The first kappa shape index (κ1) is 30.1. The molecule has 0 aliphatic carbocycles. The lowest BCUT2D eigenvalue weighted by molar-refractivity contribution is -0.143. The molecule has 0 fully saturated rings. The van der Waals surface area contributed by atoms with E-state index < -0.39 is 72.1 Å². The second-order valence-corrected chi connectivity index (χ2v) is 8.67. The van der Waals surface area contributed by atoms with Crippen molar-refractivity contribution >= 4 is 47.3 Å². The maximum absolute atomic E-state index is 12.7. The van der Waals surface area contributed by atoms with Gasteiger partial charge in [0.05, 0.1) is 12.5 Å². The van der Waals surface area contributed by atoms with Gasteiger partial charge in [-0.1, -0.05) is 13.8 Å². The number of hydrogen-bond acceptors (Lipinski definition) is 8. The highest BCUT2D eigenvalue weighted by atomic mass is 32.2. The van der Waals surface area contributed by atoms with Crippen LogP contribution in [-0.4, -0.2) is 82.0 Å². The van der Waals surface area contributed by atoms with Gasteiger partial charge in [-0.25, -0.2) is 4.79 Å². The summed E-state index contributed by atoms with van der Waals surface area (Å²) in [7, 11) is 0. The summed E-state index contributed by atoms with van der Waals surface area (Å²) in [4.78, 5) is 71.0. The Morgan fingerprint density at radius 1 is 0.879 bits per heavy atom. The second kappa shape index (κ2) is 15.1. The molecule has 0 rings (SSSR count). The zero-order chi connectivity index (χ0) is 25.7. The van der Waals surface area contributed by atoms with E-state index in [9.17, 15) is 33.9 Å². The van der Waals surface area contributed by atoms with E-state index in [4.69, 9.17) is 16.6 Å². The Balaban J connectivity index is 5.37. The molecule has 0 aromatic heterocycles. The maximum Gasteiger partial charge on any atom is 0.326 e. The van der Waals surface area contributed by atoms with Gasteiger partial charge in [-0.05, 0) is 30.8 Å². The Hall–Kier alpha value is -2.87. The summed E-state index contributed by atoms with van der Waals surface area (Å²) in [6.45, 7) is 3.21. The number of amides is 4. The molecular weight excluding hydrogens is 458 g/mol. The molecule has 0 bridgehead atoms. The van der Waals surface area contributed by atoms with Crippen molar-refractivity contribution in [3.8, 4) is 0 Å². The van der Waals surface area contributed by atoms with Crippen molar-refractivity contribution in [1.82, 2.24) is 16.0 Å². The van der Waals surface area contributed by atoms with E-state index in [1.54, 1.807) is 20.1 Å². The Bertz CT molecular complexity index is 733. The molecule has 0 spiro atoms. The molecule has 9 N–H and O–H groups in total. The topological polar surface area (TPSA) is 231 Å². The minimum absolute atomic E-state index is 0.105. The predicted octanol–water partition coefficient (Wildman–Crippen LogP) is -2.00. The zero-order valence-electron chi connectivity index (χ0n) is 18.8. The van der Waals surface area contributed by atoms with Gasteiger partial charge in [-0.15, -0.1) is 0 Å². The van der Waals surface area contributed by atoms with Crippen LogP contribution < -0.4 is 27.4 Å². The number of carboxylic acid groups (broad SMARTS) is 2. The third-order valence-corrected chi connectivity index (χ3v) is 5.17. The summed E-state index contributed by atoms with van der Waals surface area (Å²) in [5.74, 6) is -5.89. The van der Waals surface area contributed by atoms with Gasteiger partial charge < -0.3 is 37.6 Å². The molecule has 4 atom stereocenters. The average molecular weight is 492 g/mol. The molecule has 13 nitrogen and oxygen atoms in total. The van der Waals surface area contributed by atoms with Crippen LogP contribution in [-0.2, 0) is 28.8 Å². The highest BCUT2D eigenvalue weighted by Crippen LogP contribution is 2.07. The van der Waals surface area contributed by atoms with E-state index in [0.717, 1.165) is 0 Å². The SMILES string of the molecule is CSCCC(NC(=O)C(NC(=O)C(CC(=O)O)NC(=O)C(N)CCC(N)=O)C(C)C)C(=O)O. The molecule has 0 saturated carbocycles. The summed E-state index contributed by atoms with van der Waals surface area (Å²) < 4.78 is 0. The van der Waals surface area contributed by atoms with Gasteiger partial charge in [0.15, 0.2) is 0 Å². The van der Waals surface area contributed by atoms with Gasteiger partial charge in [0.25, 0.3) is 0 Å². The number of carbonyl (C=O) groups excluding carboxylic acids is 4. The molecule has 0 radical (unpaired) electrons. The summed E-state index contributed by atoms with van der Waals surface area (Å²) >= 11 is 1.41. The minimum Gasteiger partial charge on any atom is -0.481 e. The van der Waals surface area contributed by atoms with E-state index in [0.29, 0.717) is 5.75 Å². The van der Waals surface area contributed by atoms with E-state index in [1.165, 1.54) is 11.8 Å². The molecule has 0 saturated heterocycles. The quantitative estimate of drug-likeness (QED) is 0.125. The smallest absolute Gasteiger partial charge is 0.326 e. The van der Waals surface area contributed by atoms with Crippen molar-refractivity contribution in [3.05, 3.63) is 0 Å². The molecule has 14 heteroatoms. The average Bonchev–Trinajstić information content (AvgIpc) is 2.71. The van der Waals surface area contributed by atoms with Crippen LogP contribution in [0, 0.1) is 5.92 Å². The van der Waals surface area contributed by atoms with Crippen molar-refractivity contribution in [2.24, 2.45) is 17.4 Å². The molecule has 0 heterocycles. The molecule has 0 aromatic carbocycles. The number of carboxylic acids is 2. The fourth-order valence-electron chi connectivity index (χ4n) is 2.63. The molecule has 4 unspecified atom stereocenters. The van der Waals surface area contributed by atoms with Crippen LogP contribution in [0.25, 0.3) is 0 Å². The third kappa shape index (κ3) is 12.1. The first-order valence-corrected chi connectivity index (χ1v) is 11.6. The van der Waals surface area contributed by atoms with E-state index in [2.05, 4.69) is 16.0 Å². The van der Waals surface area contributed by atoms with Crippen molar-refractivity contribution in [3.63, 3.8) is 0 Å². The molecule has 0 aliphatic heterocycles. The van der Waals surface area contributed by atoms with Gasteiger partial charge in [-0.2, -0.15) is 11.8 Å². The van der Waals surface area contributed by atoms with Gasteiger partial charge in [0.2, 0.25) is 23.6 Å². The molecular formula is C19H33N5O8S. The van der Waals surface area contributed by atoms with Crippen molar-refractivity contribution < 1.29 is 39.0 Å². The summed E-state index contributed by atoms with van der Waals surface area (Å²) in [5.41, 5.74) is 10.6. The van der Waals surface area contributed by atoms with Crippen LogP contribution in [0.3, 0.4) is 0 Å². The Morgan fingerprint density at radius 3 is 1.91 bits per heavy atom. The molecule has 0 aliphatic rings. The Morgan fingerprint density at radius 2 is 1.45 bits per heavy atom.